The first-order valence-electron chi connectivity index (χ1n) is 6.24. The smallest absolute Gasteiger partial charge is 0.301 e. The fourth-order valence-electron chi connectivity index (χ4n) is 2.01. The Bertz CT molecular complexity index is 843. The van der Waals surface area contributed by atoms with E-state index in [9.17, 15) is 18.0 Å². The first-order chi connectivity index (χ1) is 10.5. The van der Waals surface area contributed by atoms with Crippen molar-refractivity contribution in [2.45, 2.75) is 11.3 Å². The zero-order chi connectivity index (χ0) is 15.7. The summed E-state index contributed by atoms with van der Waals surface area (Å²) in [6, 6.07) is 7.13. The number of hydrogen-bond donors (Lipinski definition) is 3. The van der Waals surface area contributed by atoms with Crippen LogP contribution < -0.4 is 15.6 Å². The van der Waals surface area contributed by atoms with E-state index >= 15 is 0 Å². The van der Waals surface area contributed by atoms with E-state index in [0.29, 0.717) is 11.3 Å². The maximum atomic E-state index is 12.1. The number of benzene rings is 1. The van der Waals surface area contributed by atoms with Crippen molar-refractivity contribution in [1.82, 2.24) is 10.3 Å². The van der Waals surface area contributed by atoms with Crippen LogP contribution in [0, 0.1) is 0 Å². The highest BCUT2D eigenvalue weighted by atomic mass is 32.2. The van der Waals surface area contributed by atoms with Gasteiger partial charge in [-0.15, -0.1) is 4.83 Å². The molecule has 2 heterocycles. The van der Waals surface area contributed by atoms with E-state index in [1.165, 1.54) is 36.6 Å². The molecule has 114 valence electrons. The lowest BCUT2D eigenvalue weighted by atomic mass is 10.2. The van der Waals surface area contributed by atoms with Gasteiger partial charge in [0.05, 0.1) is 17.6 Å². The summed E-state index contributed by atoms with van der Waals surface area (Å²) in [6.07, 6.45) is 1.42. The van der Waals surface area contributed by atoms with Crippen LogP contribution in [0.5, 0.6) is 0 Å². The molecule has 0 saturated heterocycles. The molecule has 0 fully saturated rings. The van der Waals surface area contributed by atoms with Gasteiger partial charge in [0.1, 0.15) is 0 Å². The molecule has 9 heteroatoms. The summed E-state index contributed by atoms with van der Waals surface area (Å²) in [7, 11) is -3.95. The number of nitrogens with one attached hydrogen (secondary N) is 3. The number of hydrogen-bond acceptors (Lipinski definition) is 5. The van der Waals surface area contributed by atoms with Crippen LogP contribution in [0.1, 0.15) is 16.1 Å². The SMILES string of the molecule is O=C1Cc2cc(S(=O)(=O)NNC(=O)c3ccco3)ccc2N1. The molecular weight excluding hydrogens is 310 g/mol. The molecule has 0 aliphatic carbocycles. The quantitative estimate of drug-likeness (QED) is 0.705. The van der Waals surface area contributed by atoms with E-state index in [-0.39, 0.29) is 23.0 Å². The van der Waals surface area contributed by atoms with E-state index in [2.05, 4.69) is 5.32 Å². The second-order valence-electron chi connectivity index (χ2n) is 4.58. The minimum Gasteiger partial charge on any atom is -0.459 e. The maximum Gasteiger partial charge on any atom is 0.301 e. The van der Waals surface area contributed by atoms with Crippen molar-refractivity contribution in [3.63, 3.8) is 0 Å². The monoisotopic (exact) mass is 321 g/mol. The summed E-state index contributed by atoms with van der Waals surface area (Å²) in [4.78, 5) is 24.8. The van der Waals surface area contributed by atoms with Gasteiger partial charge in [-0.05, 0) is 35.9 Å². The minimum atomic E-state index is -3.95. The fraction of sp³-hybridized carbons (Fsp3) is 0.0769. The van der Waals surface area contributed by atoms with E-state index in [1.807, 2.05) is 10.3 Å². The standard InChI is InChI=1S/C13H11N3O5S/c17-12-7-8-6-9(3-4-10(8)14-12)22(19,20)16-15-13(18)11-2-1-5-21-11/h1-6,16H,7H2,(H,14,17)(H,15,18). The van der Waals surface area contributed by atoms with Crippen molar-refractivity contribution in [3.8, 4) is 0 Å². The highest BCUT2D eigenvalue weighted by molar-refractivity contribution is 7.89. The number of hydrazine groups is 1. The minimum absolute atomic E-state index is 0.0218. The molecule has 0 bridgehead atoms. The van der Waals surface area contributed by atoms with Gasteiger partial charge in [-0.3, -0.25) is 15.0 Å². The van der Waals surface area contributed by atoms with Gasteiger partial charge in [0, 0.05) is 5.69 Å². The molecule has 8 nitrogen and oxygen atoms in total. The maximum absolute atomic E-state index is 12.1. The Balaban J connectivity index is 1.75. The van der Waals surface area contributed by atoms with Crippen molar-refractivity contribution in [2.24, 2.45) is 0 Å². The third-order valence-corrected chi connectivity index (χ3v) is 4.30. The second-order valence-corrected chi connectivity index (χ2v) is 6.26. The Kier molecular flexibility index (Phi) is 3.43. The van der Waals surface area contributed by atoms with Crippen LogP contribution in [0.15, 0.2) is 45.9 Å². The van der Waals surface area contributed by atoms with E-state index < -0.39 is 15.9 Å². The summed E-state index contributed by atoms with van der Waals surface area (Å²) >= 11 is 0. The first kappa shape index (κ1) is 14.3. The van der Waals surface area contributed by atoms with Crippen LogP contribution in [-0.4, -0.2) is 20.2 Å². The molecule has 1 aromatic heterocycles. The van der Waals surface area contributed by atoms with Crippen molar-refractivity contribution in [1.29, 1.82) is 0 Å². The molecule has 0 radical (unpaired) electrons. The molecular formula is C13H11N3O5S. The molecule has 22 heavy (non-hydrogen) atoms. The highest BCUT2D eigenvalue weighted by Crippen LogP contribution is 2.25. The van der Waals surface area contributed by atoms with Crippen LogP contribution >= 0.6 is 0 Å². The number of carbonyl (C=O) groups is 2. The van der Waals surface area contributed by atoms with Gasteiger partial charge < -0.3 is 9.73 Å². The molecule has 1 aliphatic heterocycles. The van der Waals surface area contributed by atoms with Gasteiger partial charge in [0.2, 0.25) is 5.91 Å². The van der Waals surface area contributed by atoms with Gasteiger partial charge in [-0.2, -0.15) is 0 Å². The van der Waals surface area contributed by atoms with Crippen LogP contribution in [0.2, 0.25) is 0 Å². The van der Waals surface area contributed by atoms with Crippen LogP contribution in [-0.2, 0) is 21.2 Å². The summed E-state index contributed by atoms with van der Waals surface area (Å²) in [5.74, 6) is -0.929. The average molecular weight is 321 g/mol. The average Bonchev–Trinajstić information content (AvgIpc) is 3.12. The predicted molar refractivity (Wildman–Crippen MR) is 75.3 cm³/mol. The number of carbonyl (C=O) groups excluding carboxylic acids is 2. The third kappa shape index (κ3) is 2.71. The number of amides is 2. The number of furan rings is 1. The van der Waals surface area contributed by atoms with Gasteiger partial charge in [-0.1, -0.05) is 0 Å². The largest absolute Gasteiger partial charge is 0.459 e. The van der Waals surface area contributed by atoms with Crippen LogP contribution in [0.25, 0.3) is 0 Å². The Labute approximate surface area is 125 Å². The van der Waals surface area contributed by atoms with Crippen molar-refractivity contribution < 1.29 is 22.4 Å². The van der Waals surface area contributed by atoms with E-state index in [4.69, 9.17) is 4.42 Å². The number of sulfonamides is 1. The Hall–Kier alpha value is -2.65. The molecule has 3 N–H and O–H groups in total. The first-order valence-corrected chi connectivity index (χ1v) is 7.72. The molecule has 1 aliphatic rings. The highest BCUT2D eigenvalue weighted by Gasteiger charge is 2.22. The Morgan fingerprint density at radius 2 is 2.09 bits per heavy atom. The normalized spacial score (nSPS) is 13.5. The van der Waals surface area contributed by atoms with Crippen molar-refractivity contribution in [2.75, 3.05) is 5.32 Å². The summed E-state index contributed by atoms with van der Waals surface area (Å²) in [5.41, 5.74) is 3.22. The topological polar surface area (TPSA) is 118 Å². The molecule has 0 atom stereocenters. The summed E-state index contributed by atoms with van der Waals surface area (Å²) in [5, 5.41) is 2.61. The Morgan fingerprint density at radius 1 is 1.27 bits per heavy atom. The number of rotatable bonds is 4. The fourth-order valence-corrected chi connectivity index (χ4v) is 2.90. The zero-order valence-electron chi connectivity index (χ0n) is 11.1. The lowest BCUT2D eigenvalue weighted by Gasteiger charge is -2.08. The van der Waals surface area contributed by atoms with Crippen LogP contribution in [0.4, 0.5) is 5.69 Å². The molecule has 0 saturated carbocycles. The number of anilines is 1. The molecule has 0 spiro atoms. The van der Waals surface area contributed by atoms with Gasteiger partial charge in [0.25, 0.3) is 10.0 Å². The van der Waals surface area contributed by atoms with E-state index in [0.717, 1.165) is 0 Å². The third-order valence-electron chi connectivity index (χ3n) is 3.06. The van der Waals surface area contributed by atoms with Gasteiger partial charge in [0.15, 0.2) is 5.76 Å². The van der Waals surface area contributed by atoms with Crippen LogP contribution in [0.3, 0.4) is 0 Å². The molecule has 2 aromatic rings. The lowest BCUT2D eigenvalue weighted by molar-refractivity contribution is -0.115. The molecule has 3 rings (SSSR count). The Morgan fingerprint density at radius 3 is 2.82 bits per heavy atom. The predicted octanol–water partition coefficient (Wildman–Crippen LogP) is 0.397. The van der Waals surface area contributed by atoms with Crippen molar-refractivity contribution in [3.05, 3.63) is 47.9 Å². The zero-order valence-corrected chi connectivity index (χ0v) is 11.9. The molecule has 1 aromatic carbocycles. The molecule has 0 unspecified atom stereocenters. The summed E-state index contributed by atoms with van der Waals surface area (Å²) < 4.78 is 29.1. The number of fused-ring (bicyclic) bond motifs is 1. The van der Waals surface area contributed by atoms with Gasteiger partial charge >= 0.3 is 5.91 Å². The lowest BCUT2D eigenvalue weighted by Crippen LogP contribution is -2.41. The summed E-state index contributed by atoms with van der Waals surface area (Å²) in [6.45, 7) is 0. The van der Waals surface area contributed by atoms with E-state index in [1.54, 1.807) is 0 Å². The molecule has 2 amide bonds. The van der Waals surface area contributed by atoms with Gasteiger partial charge in [-0.25, -0.2) is 8.42 Å². The second kappa shape index (κ2) is 5.28. The van der Waals surface area contributed by atoms with Crippen molar-refractivity contribution >= 4 is 27.5 Å².